The Hall–Kier alpha value is -8.28. The molecular formula is C59H40N4O. The summed E-state index contributed by atoms with van der Waals surface area (Å²) < 4.78 is 8.71. The molecule has 3 aromatic heterocycles. The van der Waals surface area contributed by atoms with E-state index in [2.05, 4.69) is 224 Å². The van der Waals surface area contributed by atoms with Crippen molar-refractivity contribution in [3.63, 3.8) is 0 Å². The fourth-order valence-corrected chi connectivity index (χ4v) is 10.4. The van der Waals surface area contributed by atoms with Gasteiger partial charge in [-0.15, -0.1) is 0 Å². The van der Waals surface area contributed by atoms with Crippen LogP contribution in [0.3, 0.4) is 0 Å². The molecule has 0 bridgehead atoms. The van der Waals surface area contributed by atoms with E-state index in [1.807, 2.05) is 6.07 Å². The van der Waals surface area contributed by atoms with Crippen LogP contribution in [0.4, 0.5) is 17.1 Å². The van der Waals surface area contributed by atoms with Crippen LogP contribution in [0, 0.1) is 0 Å². The lowest BCUT2D eigenvalue weighted by atomic mass is 9.82. The van der Waals surface area contributed by atoms with Gasteiger partial charge in [0.2, 0.25) is 5.95 Å². The number of furan rings is 1. The van der Waals surface area contributed by atoms with E-state index in [-0.39, 0.29) is 5.41 Å². The third kappa shape index (κ3) is 5.37. The quantitative estimate of drug-likeness (QED) is 0.168. The average molecular weight is 821 g/mol. The van der Waals surface area contributed by atoms with Crippen molar-refractivity contribution >= 4 is 71.7 Å². The first-order valence-corrected chi connectivity index (χ1v) is 21.9. The number of anilines is 3. The zero-order chi connectivity index (χ0) is 42.5. The number of aromatic nitrogens is 3. The van der Waals surface area contributed by atoms with Crippen molar-refractivity contribution in [2.45, 2.75) is 19.3 Å². The van der Waals surface area contributed by atoms with Gasteiger partial charge in [-0.2, -0.15) is 0 Å². The number of hydrogen-bond acceptors (Lipinski definition) is 4. The third-order valence-electron chi connectivity index (χ3n) is 13.4. The summed E-state index contributed by atoms with van der Waals surface area (Å²) >= 11 is 0. The lowest BCUT2D eigenvalue weighted by Crippen LogP contribution is -2.16. The van der Waals surface area contributed by atoms with Gasteiger partial charge in [-0.1, -0.05) is 159 Å². The minimum Gasteiger partial charge on any atom is -0.456 e. The summed E-state index contributed by atoms with van der Waals surface area (Å²) in [5.74, 6) is 0.637. The van der Waals surface area contributed by atoms with Gasteiger partial charge in [0.05, 0.1) is 39.0 Å². The highest BCUT2D eigenvalue weighted by Gasteiger charge is 2.38. The first-order valence-electron chi connectivity index (χ1n) is 21.9. The second-order valence-corrected chi connectivity index (χ2v) is 17.3. The van der Waals surface area contributed by atoms with Crippen LogP contribution in [0.15, 0.2) is 211 Å². The Labute approximate surface area is 370 Å². The molecule has 1 aliphatic carbocycles. The van der Waals surface area contributed by atoms with Gasteiger partial charge in [0.25, 0.3) is 0 Å². The summed E-state index contributed by atoms with van der Waals surface area (Å²) in [6, 6.07) is 73.5. The van der Waals surface area contributed by atoms with E-state index < -0.39 is 0 Å². The van der Waals surface area contributed by atoms with Crippen molar-refractivity contribution in [3.8, 4) is 39.5 Å². The molecule has 0 amide bonds. The molecule has 5 nitrogen and oxygen atoms in total. The van der Waals surface area contributed by atoms with E-state index in [0.29, 0.717) is 5.95 Å². The van der Waals surface area contributed by atoms with E-state index in [1.165, 1.54) is 38.8 Å². The summed E-state index contributed by atoms with van der Waals surface area (Å²) in [6.45, 7) is 4.68. The van der Waals surface area contributed by atoms with Crippen molar-refractivity contribution in [3.05, 3.63) is 217 Å². The fraction of sp³-hybridized carbons (Fsp3) is 0.0508. The van der Waals surface area contributed by atoms with Gasteiger partial charge in [-0.25, -0.2) is 9.97 Å². The first-order chi connectivity index (χ1) is 31.5. The number of hydrogen-bond donors (Lipinski definition) is 0. The van der Waals surface area contributed by atoms with Crippen molar-refractivity contribution in [1.82, 2.24) is 14.5 Å². The molecule has 0 spiro atoms. The van der Waals surface area contributed by atoms with Gasteiger partial charge in [-0.3, -0.25) is 4.57 Å². The molecule has 1 aliphatic rings. The molecule has 13 rings (SSSR count). The van der Waals surface area contributed by atoms with Crippen LogP contribution in [0.25, 0.3) is 94.1 Å². The normalized spacial score (nSPS) is 13.0. The maximum atomic E-state index is 6.49. The van der Waals surface area contributed by atoms with E-state index in [0.717, 1.165) is 77.6 Å². The van der Waals surface area contributed by atoms with Gasteiger partial charge in [-0.05, 0) is 88.5 Å². The van der Waals surface area contributed by atoms with Gasteiger partial charge < -0.3 is 9.32 Å². The van der Waals surface area contributed by atoms with Crippen LogP contribution in [0.2, 0.25) is 0 Å². The van der Waals surface area contributed by atoms with Crippen molar-refractivity contribution < 1.29 is 4.42 Å². The standard InChI is InChI=1S/C59H40N4O/c1-59(2)46-22-10-6-19-42(46)55-47(59)23-14-26-51(55)62(52-27-15-29-54-56(52)44-21-9-13-28-53(44)64-54)40-33-30-38(31-34-40)57-43-20-7-11-24-48(43)60-58(61-57)63-49-25-12-8-18-41(49)45-36-39(32-35-50(45)63)37-16-4-3-5-17-37/h3-36H,1-2H3. The molecule has 0 atom stereocenters. The predicted octanol–water partition coefficient (Wildman–Crippen LogP) is 15.7. The summed E-state index contributed by atoms with van der Waals surface area (Å²) in [7, 11) is 0. The van der Waals surface area contributed by atoms with E-state index in [4.69, 9.17) is 14.4 Å². The highest BCUT2D eigenvalue weighted by Crippen LogP contribution is 2.55. The molecule has 9 aromatic carbocycles. The molecule has 0 unspecified atom stereocenters. The molecule has 12 aromatic rings. The maximum Gasteiger partial charge on any atom is 0.235 e. The SMILES string of the molecule is CC1(C)c2ccccc2-c2c(N(c3ccc(-c4nc(-n5c6ccccc6c6cc(-c7ccccc7)ccc65)nc5ccccc45)cc3)c3cccc4oc5ccccc5c34)cccc21. The molecule has 0 fully saturated rings. The minimum atomic E-state index is -0.155. The molecule has 64 heavy (non-hydrogen) atoms. The van der Waals surface area contributed by atoms with Crippen LogP contribution >= 0.6 is 0 Å². The van der Waals surface area contributed by atoms with Crippen LogP contribution in [0.1, 0.15) is 25.0 Å². The third-order valence-corrected chi connectivity index (χ3v) is 13.4. The number of benzene rings is 9. The summed E-state index contributed by atoms with van der Waals surface area (Å²) in [5, 5.41) is 5.50. The first kappa shape index (κ1) is 36.4. The Morgan fingerprint density at radius 1 is 0.469 bits per heavy atom. The number of para-hydroxylation sites is 3. The van der Waals surface area contributed by atoms with Crippen molar-refractivity contribution in [1.29, 1.82) is 0 Å². The van der Waals surface area contributed by atoms with Gasteiger partial charge in [0.15, 0.2) is 0 Å². The Morgan fingerprint density at radius 2 is 1.12 bits per heavy atom. The Bertz CT molecular complexity index is 3820. The second-order valence-electron chi connectivity index (χ2n) is 17.3. The lowest BCUT2D eigenvalue weighted by molar-refractivity contribution is 0.660. The van der Waals surface area contributed by atoms with E-state index in [1.54, 1.807) is 0 Å². The number of nitrogens with zero attached hydrogens (tertiary/aromatic N) is 4. The molecular weight excluding hydrogens is 781 g/mol. The molecule has 0 radical (unpaired) electrons. The topological polar surface area (TPSA) is 47.1 Å². The Balaban J connectivity index is 1.01. The van der Waals surface area contributed by atoms with Crippen molar-refractivity contribution in [2.75, 3.05) is 4.90 Å². The predicted molar refractivity (Wildman–Crippen MR) is 264 cm³/mol. The van der Waals surface area contributed by atoms with Gasteiger partial charge in [0.1, 0.15) is 11.2 Å². The molecule has 3 heterocycles. The summed E-state index contributed by atoms with van der Waals surface area (Å²) in [6.07, 6.45) is 0. The van der Waals surface area contributed by atoms with Crippen LogP contribution in [-0.4, -0.2) is 14.5 Å². The molecule has 5 heteroatoms. The summed E-state index contributed by atoms with van der Waals surface area (Å²) in [5.41, 5.74) is 17.2. The minimum absolute atomic E-state index is 0.155. The van der Waals surface area contributed by atoms with E-state index >= 15 is 0 Å². The zero-order valence-electron chi connectivity index (χ0n) is 35.3. The van der Waals surface area contributed by atoms with Crippen LogP contribution in [0.5, 0.6) is 0 Å². The van der Waals surface area contributed by atoms with Crippen LogP contribution in [-0.2, 0) is 5.41 Å². The molecule has 0 N–H and O–H groups in total. The van der Waals surface area contributed by atoms with Gasteiger partial charge in [0, 0.05) is 43.8 Å². The molecule has 0 saturated carbocycles. The Kier molecular flexibility index (Phi) is 7.88. The van der Waals surface area contributed by atoms with Crippen molar-refractivity contribution in [2.24, 2.45) is 0 Å². The smallest absolute Gasteiger partial charge is 0.235 e. The number of rotatable bonds is 6. The zero-order valence-corrected chi connectivity index (χ0v) is 35.3. The van der Waals surface area contributed by atoms with Crippen LogP contribution < -0.4 is 4.90 Å². The highest BCUT2D eigenvalue weighted by molar-refractivity contribution is 6.14. The van der Waals surface area contributed by atoms with Gasteiger partial charge >= 0.3 is 0 Å². The maximum absolute atomic E-state index is 6.49. The monoisotopic (exact) mass is 820 g/mol. The summed E-state index contributed by atoms with van der Waals surface area (Å²) in [4.78, 5) is 13.2. The number of fused-ring (bicyclic) bond motifs is 10. The Morgan fingerprint density at radius 3 is 2.00 bits per heavy atom. The second kappa shape index (κ2) is 13.9. The fourth-order valence-electron chi connectivity index (χ4n) is 10.4. The van der Waals surface area contributed by atoms with E-state index in [9.17, 15) is 0 Å². The molecule has 0 saturated heterocycles. The lowest BCUT2D eigenvalue weighted by Gasteiger charge is -2.29. The highest BCUT2D eigenvalue weighted by atomic mass is 16.3. The molecule has 0 aliphatic heterocycles. The largest absolute Gasteiger partial charge is 0.456 e. The molecule has 302 valence electrons. The average Bonchev–Trinajstić information content (AvgIpc) is 3.97.